The molecule has 1 saturated heterocycles. The third-order valence-electron chi connectivity index (χ3n) is 3.41. The lowest BCUT2D eigenvalue weighted by atomic mass is 10.1. The van der Waals surface area contributed by atoms with Gasteiger partial charge in [-0.1, -0.05) is 30.3 Å². The molecule has 1 aliphatic rings. The van der Waals surface area contributed by atoms with Crippen molar-refractivity contribution in [2.45, 2.75) is 24.8 Å². The number of ether oxygens (including phenoxy) is 1. The van der Waals surface area contributed by atoms with Crippen LogP contribution in [-0.2, 0) is 26.2 Å². The molecular weight excluding hydrogens is 296 g/mol. The summed E-state index contributed by atoms with van der Waals surface area (Å²) in [6.07, 6.45) is 0.707. The molecule has 1 aliphatic heterocycles. The van der Waals surface area contributed by atoms with Gasteiger partial charge in [0.15, 0.2) is 5.72 Å². The number of nitrogens with zero attached hydrogens (tertiary/aromatic N) is 1. The topological polar surface area (TPSA) is 110 Å². The lowest BCUT2D eigenvalue weighted by molar-refractivity contribution is -0.160. The predicted molar refractivity (Wildman–Crippen MR) is 75.3 cm³/mol. The Hall–Kier alpha value is -1.48. The third-order valence-corrected chi connectivity index (χ3v) is 4.59. The van der Waals surface area contributed by atoms with E-state index in [1.165, 1.54) is 0 Å². The smallest absolute Gasteiger partial charge is 0.240 e. The van der Waals surface area contributed by atoms with Crippen LogP contribution in [0.2, 0.25) is 0 Å². The van der Waals surface area contributed by atoms with Gasteiger partial charge in [0, 0.05) is 6.42 Å². The van der Waals surface area contributed by atoms with Crippen LogP contribution in [0.3, 0.4) is 0 Å². The van der Waals surface area contributed by atoms with E-state index in [-0.39, 0.29) is 13.0 Å². The highest BCUT2D eigenvalue weighted by molar-refractivity contribution is 7.89. The van der Waals surface area contributed by atoms with Crippen molar-refractivity contribution in [2.75, 3.05) is 12.9 Å². The lowest BCUT2D eigenvalue weighted by Crippen LogP contribution is -2.60. The van der Waals surface area contributed by atoms with Crippen molar-refractivity contribution < 1.29 is 23.1 Å². The third kappa shape index (κ3) is 2.93. The zero-order valence-electron chi connectivity index (χ0n) is 12.6. The maximum Gasteiger partial charge on any atom is 0.240 e. The summed E-state index contributed by atoms with van der Waals surface area (Å²) in [5.41, 5.74) is 5.00. The SMILES string of the molecule is [3H]OCC1(OCc2ccccc2)[C@@H](N)CC(=O)N1S(C)(=O)=O. The number of carbonyl (C=O) groups excluding carboxylic acids is 1. The van der Waals surface area contributed by atoms with Crippen molar-refractivity contribution in [1.82, 2.24) is 4.31 Å². The first-order valence-corrected chi connectivity index (χ1v) is 8.21. The fraction of sp³-hybridized carbons (Fsp3) is 0.462. The number of hydrogen-bond acceptors (Lipinski definition) is 6. The molecule has 0 aliphatic carbocycles. The fourth-order valence-electron chi connectivity index (χ4n) is 2.41. The summed E-state index contributed by atoms with van der Waals surface area (Å²) in [6, 6.07) is 8.12. The number of nitrogens with two attached hydrogens (primary N) is 1. The van der Waals surface area contributed by atoms with Crippen molar-refractivity contribution >= 4 is 15.9 Å². The van der Waals surface area contributed by atoms with Crippen LogP contribution in [-0.4, -0.2) is 49.8 Å². The molecule has 3 N–H and O–H groups in total. The van der Waals surface area contributed by atoms with Crippen LogP contribution in [0.15, 0.2) is 30.3 Å². The highest BCUT2D eigenvalue weighted by atomic mass is 32.2. The first-order chi connectivity index (χ1) is 10.3. The van der Waals surface area contributed by atoms with Crippen LogP contribution in [0.4, 0.5) is 0 Å². The Morgan fingerprint density at radius 2 is 2.19 bits per heavy atom. The number of carbonyl (C=O) groups is 1. The first kappa shape index (κ1) is 14.5. The van der Waals surface area contributed by atoms with Crippen LogP contribution in [0.25, 0.3) is 0 Å². The van der Waals surface area contributed by atoms with Crippen LogP contribution in [0, 0.1) is 0 Å². The molecule has 21 heavy (non-hydrogen) atoms. The van der Waals surface area contributed by atoms with E-state index in [9.17, 15) is 13.2 Å². The van der Waals surface area contributed by atoms with Crippen molar-refractivity contribution in [3.63, 3.8) is 0 Å². The summed E-state index contributed by atoms with van der Waals surface area (Å²) in [5.74, 6) is -0.667. The molecule has 1 amide bonds. The van der Waals surface area contributed by atoms with E-state index in [0.717, 1.165) is 11.8 Å². The Kier molecular flexibility index (Phi) is 3.94. The van der Waals surface area contributed by atoms with Gasteiger partial charge in [-0.15, -0.1) is 0 Å². The van der Waals surface area contributed by atoms with Crippen LogP contribution < -0.4 is 5.73 Å². The summed E-state index contributed by atoms with van der Waals surface area (Å²) in [6.45, 7) is -0.420. The molecule has 0 spiro atoms. The molecule has 0 saturated carbocycles. The monoisotopic (exact) mass is 316 g/mol. The summed E-state index contributed by atoms with van der Waals surface area (Å²) >= 11 is 0. The van der Waals surface area contributed by atoms with Crippen molar-refractivity contribution in [3.05, 3.63) is 35.9 Å². The van der Waals surface area contributed by atoms with Gasteiger partial charge in [0.25, 0.3) is 0 Å². The van der Waals surface area contributed by atoms with Gasteiger partial charge in [-0.3, -0.25) is 4.79 Å². The summed E-state index contributed by atoms with van der Waals surface area (Å²) in [4.78, 5) is 12.0. The summed E-state index contributed by atoms with van der Waals surface area (Å²) < 4.78 is 37.1. The number of aliphatic hydroxyl groups is 1. The van der Waals surface area contributed by atoms with E-state index >= 15 is 0 Å². The molecule has 8 heteroatoms. The Balaban J connectivity index is 2.34. The van der Waals surface area contributed by atoms with E-state index in [1.807, 2.05) is 6.07 Å². The van der Waals surface area contributed by atoms with Gasteiger partial charge in [-0.25, -0.2) is 12.7 Å². The second kappa shape index (κ2) is 5.72. The van der Waals surface area contributed by atoms with Gasteiger partial charge >= 0.3 is 0 Å². The Morgan fingerprint density at radius 3 is 2.76 bits per heavy atom. The van der Waals surface area contributed by atoms with Crippen molar-refractivity contribution in [2.24, 2.45) is 5.73 Å². The molecular formula is C13H18N2O5S. The maximum absolute atomic E-state index is 12.0. The fourth-order valence-corrected chi connectivity index (χ4v) is 3.66. The van der Waals surface area contributed by atoms with Crippen LogP contribution >= 0.6 is 0 Å². The summed E-state index contributed by atoms with van der Waals surface area (Å²) in [5, 5.41) is 4.35. The second-order valence-electron chi connectivity index (χ2n) is 5.00. The highest BCUT2D eigenvalue weighted by Crippen LogP contribution is 2.33. The number of rotatable bonds is 6. The molecule has 2 atom stereocenters. The first-order valence-electron chi connectivity index (χ1n) is 6.77. The normalized spacial score (nSPS) is 27.0. The molecule has 7 nitrogen and oxygen atoms in total. The lowest BCUT2D eigenvalue weighted by Gasteiger charge is -2.37. The largest absolute Gasteiger partial charge is 0.391 e. The molecule has 1 fully saturated rings. The van der Waals surface area contributed by atoms with Gasteiger partial charge < -0.3 is 15.6 Å². The zero-order valence-corrected chi connectivity index (χ0v) is 12.4. The number of benzene rings is 1. The average molecular weight is 316 g/mol. The van der Waals surface area contributed by atoms with Gasteiger partial charge in [0.1, 0.15) is 0 Å². The van der Waals surface area contributed by atoms with E-state index in [0.29, 0.717) is 4.31 Å². The molecule has 1 unspecified atom stereocenters. The minimum atomic E-state index is -3.90. The average Bonchev–Trinajstić information content (AvgIpc) is 2.69. The highest BCUT2D eigenvalue weighted by Gasteiger charge is 2.56. The minimum absolute atomic E-state index is 0.0389. The molecule has 2 rings (SSSR count). The number of hydrogen-bond donors (Lipinski definition) is 2. The van der Waals surface area contributed by atoms with Gasteiger partial charge in [-0.2, -0.15) is 0 Å². The molecule has 0 radical (unpaired) electrons. The van der Waals surface area contributed by atoms with E-state index < -0.39 is 34.3 Å². The number of aliphatic hydroxyl groups excluding tert-OH is 1. The van der Waals surface area contributed by atoms with Crippen molar-refractivity contribution in [1.29, 1.82) is 1.43 Å². The Labute approximate surface area is 124 Å². The predicted octanol–water partition coefficient (Wildman–Crippen LogP) is -0.589. The van der Waals surface area contributed by atoms with E-state index in [2.05, 4.69) is 5.11 Å². The number of amides is 1. The van der Waals surface area contributed by atoms with Gasteiger partial charge in [-0.05, 0) is 5.56 Å². The number of sulfonamides is 1. The second-order valence-corrected chi connectivity index (χ2v) is 6.83. The van der Waals surface area contributed by atoms with E-state index in [4.69, 9.17) is 11.9 Å². The van der Waals surface area contributed by atoms with Crippen LogP contribution in [0.1, 0.15) is 12.0 Å². The molecule has 0 aromatic heterocycles. The maximum atomic E-state index is 12.0. The molecule has 0 bridgehead atoms. The standard InChI is InChI=1S/C13H18N2O5S/c1-21(18,19)15-12(17)7-11(14)13(15,9-16)20-8-10-5-3-2-4-6-10/h2-6,11,16H,7-9,14H2,1H3/t11-,13?/m0/s1/i16T. The molecule has 1 heterocycles. The zero-order chi connectivity index (χ0) is 16.4. The Morgan fingerprint density at radius 1 is 1.52 bits per heavy atom. The van der Waals surface area contributed by atoms with E-state index in [1.54, 1.807) is 24.3 Å². The molecule has 1 aromatic rings. The minimum Gasteiger partial charge on any atom is -0.391 e. The van der Waals surface area contributed by atoms with Gasteiger partial charge in [0.2, 0.25) is 17.4 Å². The quantitative estimate of drug-likeness (QED) is 0.726. The molecule has 116 valence electrons. The van der Waals surface area contributed by atoms with Crippen LogP contribution in [0.5, 0.6) is 0 Å². The van der Waals surface area contributed by atoms with Crippen molar-refractivity contribution in [3.8, 4) is 0 Å². The van der Waals surface area contributed by atoms with Gasteiger partial charge in [0.05, 0.1) is 25.5 Å². The Bertz CT molecular complexity index is 639. The summed E-state index contributed by atoms with van der Waals surface area (Å²) in [7, 11) is -3.90. The molecule has 1 aromatic carbocycles.